The third-order valence-corrected chi connectivity index (χ3v) is 5.06. The number of alkyl halides is 5. The van der Waals surface area contributed by atoms with Crippen molar-refractivity contribution in [3.05, 3.63) is 46.5 Å². The van der Waals surface area contributed by atoms with E-state index in [4.69, 9.17) is 0 Å². The quantitative estimate of drug-likeness (QED) is 0.636. The lowest BCUT2D eigenvalue weighted by Gasteiger charge is -2.18. The molecule has 0 spiro atoms. The van der Waals surface area contributed by atoms with Gasteiger partial charge >= 0.3 is 6.18 Å². The molecule has 0 fully saturated rings. The zero-order valence-corrected chi connectivity index (χ0v) is 13.6. The highest BCUT2D eigenvalue weighted by molar-refractivity contribution is 9.10. The minimum absolute atomic E-state index is 0.00986. The van der Waals surface area contributed by atoms with Gasteiger partial charge in [0.15, 0.2) is 5.78 Å². The number of allylic oxidation sites excluding steroid dienone is 2. The molecule has 20 heavy (non-hydrogen) atoms. The molecule has 0 N–H and O–H groups in total. The monoisotopic (exact) mass is 410 g/mol. The number of hydrogen-bond donors (Lipinski definition) is 0. The average molecular weight is 412 g/mol. The van der Waals surface area contributed by atoms with Crippen LogP contribution in [0, 0.1) is 0 Å². The van der Waals surface area contributed by atoms with Crippen molar-refractivity contribution in [3.63, 3.8) is 0 Å². The first-order valence-electron chi connectivity index (χ1n) is 5.88. The van der Waals surface area contributed by atoms with Crippen molar-refractivity contribution < 1.29 is 18.0 Å². The third-order valence-electron chi connectivity index (χ3n) is 3.51. The Hall–Kier alpha value is -0.620. The maximum absolute atomic E-state index is 12.6. The second-order valence-corrected chi connectivity index (χ2v) is 6.19. The lowest BCUT2D eigenvalue weighted by molar-refractivity contribution is -0.137. The second kappa shape index (κ2) is 5.64. The molecule has 108 valence electrons. The van der Waals surface area contributed by atoms with Gasteiger partial charge < -0.3 is 0 Å². The highest BCUT2D eigenvalue weighted by Crippen LogP contribution is 2.42. The molecule has 6 heteroatoms. The van der Waals surface area contributed by atoms with Crippen LogP contribution in [0.15, 0.2) is 35.4 Å². The van der Waals surface area contributed by atoms with E-state index in [2.05, 4.69) is 31.9 Å². The van der Waals surface area contributed by atoms with Gasteiger partial charge in [-0.25, -0.2) is 0 Å². The molecule has 0 saturated heterocycles. The summed E-state index contributed by atoms with van der Waals surface area (Å²) in [5.41, 5.74) is 1.61. The van der Waals surface area contributed by atoms with Crippen molar-refractivity contribution in [2.24, 2.45) is 0 Å². The molecule has 0 bridgehead atoms. The second-order valence-electron chi connectivity index (χ2n) is 4.65. The van der Waals surface area contributed by atoms with Gasteiger partial charge in [-0.15, -0.1) is 0 Å². The highest BCUT2D eigenvalue weighted by atomic mass is 79.9. The number of ketones is 1. The summed E-state index contributed by atoms with van der Waals surface area (Å²) in [5, 5.41) is 0.526. The van der Waals surface area contributed by atoms with E-state index in [0.717, 1.165) is 17.7 Å². The standard InChI is InChI=1S/C14H11Br2F3O/c1-7-10(6-15)11(12(16)13(7)20)8-2-4-9(5-3-8)14(17,18)19/h2-5,11-12H,6H2,1H3/t11-,12+/m0/s1. The fourth-order valence-corrected chi connectivity index (χ4v) is 4.10. The Kier molecular flexibility index (Phi) is 4.44. The first-order chi connectivity index (χ1) is 9.27. The Bertz CT molecular complexity index is 561. The van der Waals surface area contributed by atoms with Crippen LogP contribution in [0.3, 0.4) is 0 Å². The van der Waals surface area contributed by atoms with Gasteiger partial charge in [0.2, 0.25) is 0 Å². The van der Waals surface area contributed by atoms with Crippen molar-refractivity contribution in [2.45, 2.75) is 23.8 Å². The summed E-state index contributed by atoms with van der Waals surface area (Å²) in [4.78, 5) is 11.6. The lowest BCUT2D eigenvalue weighted by Crippen LogP contribution is -2.16. The van der Waals surface area contributed by atoms with Crippen LogP contribution in [0.25, 0.3) is 0 Å². The van der Waals surface area contributed by atoms with E-state index >= 15 is 0 Å². The normalized spacial score (nSPS) is 23.6. The van der Waals surface area contributed by atoms with Crippen molar-refractivity contribution in [3.8, 4) is 0 Å². The number of Topliss-reactive ketones (excluding diaryl/α,β-unsaturated/α-hetero) is 1. The molecule has 1 aromatic rings. The minimum atomic E-state index is -4.35. The zero-order valence-electron chi connectivity index (χ0n) is 10.5. The van der Waals surface area contributed by atoms with Crippen molar-refractivity contribution in [1.29, 1.82) is 0 Å². The Balaban J connectivity index is 2.39. The number of hydrogen-bond acceptors (Lipinski definition) is 1. The molecule has 1 nitrogen and oxygen atoms in total. The number of carbonyl (C=O) groups excluding carboxylic acids is 1. The van der Waals surface area contributed by atoms with Gasteiger partial charge in [0.1, 0.15) is 0 Å². The number of benzene rings is 1. The topological polar surface area (TPSA) is 17.1 Å². The average Bonchev–Trinajstić information content (AvgIpc) is 2.62. The van der Waals surface area contributed by atoms with Crippen molar-refractivity contribution >= 4 is 37.6 Å². The van der Waals surface area contributed by atoms with Crippen molar-refractivity contribution in [1.82, 2.24) is 0 Å². The summed E-state index contributed by atoms with van der Waals surface area (Å²) in [6.07, 6.45) is -4.35. The smallest absolute Gasteiger partial charge is 0.293 e. The molecule has 2 rings (SSSR count). The number of rotatable bonds is 2. The lowest BCUT2D eigenvalue weighted by atomic mass is 9.92. The Morgan fingerprint density at radius 1 is 1.20 bits per heavy atom. The Labute approximate surface area is 131 Å². The molecule has 0 aromatic heterocycles. The van der Waals surface area contributed by atoms with Crippen LogP contribution >= 0.6 is 31.9 Å². The van der Waals surface area contributed by atoms with E-state index in [9.17, 15) is 18.0 Å². The molecule has 0 heterocycles. The summed E-state index contributed by atoms with van der Waals surface area (Å²) in [5.74, 6) is -0.228. The molecule has 1 aliphatic carbocycles. The van der Waals surface area contributed by atoms with E-state index in [0.29, 0.717) is 16.5 Å². The predicted molar refractivity (Wildman–Crippen MR) is 78.4 cm³/mol. The van der Waals surface area contributed by atoms with Gasteiger partial charge in [0.25, 0.3) is 0 Å². The summed E-state index contributed by atoms with van der Waals surface area (Å²) in [6, 6.07) is 4.99. The molecule has 0 radical (unpaired) electrons. The molecule has 2 atom stereocenters. The summed E-state index contributed by atoms with van der Waals surface area (Å²) < 4.78 is 37.7. The molecule has 0 saturated carbocycles. The van der Waals surface area contributed by atoms with E-state index < -0.39 is 16.6 Å². The van der Waals surface area contributed by atoms with E-state index in [1.165, 1.54) is 12.1 Å². The number of carbonyl (C=O) groups is 1. The fourth-order valence-electron chi connectivity index (χ4n) is 2.36. The maximum atomic E-state index is 12.6. The fraction of sp³-hybridized carbons (Fsp3) is 0.357. The van der Waals surface area contributed by atoms with Crippen LogP contribution in [0.5, 0.6) is 0 Å². The molecule has 0 unspecified atom stereocenters. The molecular formula is C14H11Br2F3O. The maximum Gasteiger partial charge on any atom is 0.416 e. The highest BCUT2D eigenvalue weighted by Gasteiger charge is 2.39. The summed E-state index contributed by atoms with van der Waals surface area (Å²) in [6.45, 7) is 1.75. The molecule has 0 amide bonds. The van der Waals surface area contributed by atoms with Crippen LogP contribution in [-0.4, -0.2) is 15.9 Å². The van der Waals surface area contributed by atoms with Crippen molar-refractivity contribution in [2.75, 3.05) is 5.33 Å². The number of halogens is 5. The van der Waals surface area contributed by atoms with Crippen LogP contribution in [0.2, 0.25) is 0 Å². The van der Waals surface area contributed by atoms with Gasteiger partial charge in [-0.3, -0.25) is 4.79 Å². The van der Waals surface area contributed by atoms with E-state index in [1.54, 1.807) is 6.92 Å². The Morgan fingerprint density at radius 2 is 1.75 bits per heavy atom. The summed E-state index contributed by atoms with van der Waals surface area (Å²) in [7, 11) is 0. The molecule has 1 aliphatic rings. The SMILES string of the molecule is CC1=C(CBr)[C@H](c2ccc(C(F)(F)F)cc2)[C@@H](Br)C1=O. The third kappa shape index (κ3) is 2.72. The molecule has 0 aliphatic heterocycles. The predicted octanol–water partition coefficient (Wildman–Crippen LogP) is 4.85. The zero-order chi connectivity index (χ0) is 15.1. The summed E-state index contributed by atoms with van der Waals surface area (Å²) >= 11 is 6.70. The van der Waals surface area contributed by atoms with E-state index in [-0.39, 0.29) is 11.7 Å². The van der Waals surface area contributed by atoms with E-state index in [1.807, 2.05) is 0 Å². The minimum Gasteiger partial charge on any atom is -0.293 e. The largest absolute Gasteiger partial charge is 0.416 e. The van der Waals surface area contributed by atoms with Gasteiger partial charge in [0, 0.05) is 11.2 Å². The van der Waals surface area contributed by atoms with Crippen LogP contribution in [-0.2, 0) is 11.0 Å². The molecular weight excluding hydrogens is 401 g/mol. The van der Waals surface area contributed by atoms with Gasteiger partial charge in [0.05, 0.1) is 10.4 Å². The van der Waals surface area contributed by atoms with Gasteiger partial charge in [-0.05, 0) is 35.8 Å². The van der Waals surface area contributed by atoms with Crippen LogP contribution < -0.4 is 0 Å². The first kappa shape index (κ1) is 15.8. The van der Waals surface area contributed by atoms with Gasteiger partial charge in [-0.1, -0.05) is 44.0 Å². The van der Waals surface area contributed by atoms with Crippen LogP contribution in [0.4, 0.5) is 13.2 Å². The van der Waals surface area contributed by atoms with Crippen LogP contribution in [0.1, 0.15) is 24.0 Å². The Morgan fingerprint density at radius 3 is 2.20 bits per heavy atom. The molecule has 1 aromatic carbocycles. The van der Waals surface area contributed by atoms with Gasteiger partial charge in [-0.2, -0.15) is 13.2 Å². The first-order valence-corrected chi connectivity index (χ1v) is 7.92.